The Hall–Kier alpha value is -2.69. The fourth-order valence-electron chi connectivity index (χ4n) is 5.07. The molecule has 1 aromatic heterocycles. The summed E-state index contributed by atoms with van der Waals surface area (Å²) < 4.78 is 56.6. The van der Waals surface area contributed by atoms with Gasteiger partial charge in [-0.1, -0.05) is 26.0 Å². The van der Waals surface area contributed by atoms with Gasteiger partial charge in [0, 0.05) is 37.1 Å². The molecule has 2 aromatic carbocycles. The monoisotopic (exact) mass is 549 g/mol. The van der Waals surface area contributed by atoms with E-state index >= 15 is 0 Å². The molecule has 10 heteroatoms. The summed E-state index contributed by atoms with van der Waals surface area (Å²) in [5.74, 6) is -0.294. The Bertz CT molecular complexity index is 1590. The molecular weight excluding hydrogens is 510 g/mol. The van der Waals surface area contributed by atoms with Crippen molar-refractivity contribution in [2.24, 2.45) is 5.41 Å². The topological polar surface area (TPSA) is 114 Å². The molecule has 4 rings (SSSR count). The van der Waals surface area contributed by atoms with Crippen LogP contribution in [0.25, 0.3) is 10.9 Å². The van der Waals surface area contributed by atoms with Gasteiger partial charge in [0.25, 0.3) is 0 Å². The number of anilines is 1. The summed E-state index contributed by atoms with van der Waals surface area (Å²) in [5.41, 5.74) is 1.39. The number of nitrogens with zero attached hydrogens (tertiary/aromatic N) is 1. The van der Waals surface area contributed by atoms with Crippen molar-refractivity contribution in [3.05, 3.63) is 59.8 Å². The molecule has 3 aromatic rings. The van der Waals surface area contributed by atoms with Crippen molar-refractivity contribution in [2.45, 2.75) is 70.4 Å². The summed E-state index contributed by atoms with van der Waals surface area (Å²) in [5, 5.41) is 0.690. The van der Waals surface area contributed by atoms with Crippen LogP contribution >= 0.6 is 0 Å². The van der Waals surface area contributed by atoms with Crippen LogP contribution in [-0.4, -0.2) is 39.0 Å². The lowest BCUT2D eigenvalue weighted by molar-refractivity contribution is 0.103. The standard InChI is InChI=1S/C27H35N3O5S2.2H2/c1-26(2,3)29-37(34,35)21-9-7-8-18(14-21)25(31)23-17-30(20-12-13-27(4,5)16-20)24-15-19(10-11-22(23)24)28-36(6,32)33;;/h7-11,14-15,17,20,28-29H,12-13,16H2,1-6H3;2*1H. The second kappa shape index (κ2) is 9.25. The summed E-state index contributed by atoms with van der Waals surface area (Å²) in [6.07, 6.45) is 5.85. The minimum absolute atomic E-state index is 0. The van der Waals surface area contributed by atoms with E-state index in [1.54, 1.807) is 51.1 Å². The number of sulfonamides is 2. The van der Waals surface area contributed by atoms with Gasteiger partial charge < -0.3 is 4.57 Å². The second-order valence-electron chi connectivity index (χ2n) is 11.8. The fourth-order valence-corrected chi connectivity index (χ4v) is 7.09. The third kappa shape index (κ3) is 6.25. The summed E-state index contributed by atoms with van der Waals surface area (Å²) in [4.78, 5) is 13.8. The van der Waals surface area contributed by atoms with Crippen molar-refractivity contribution in [3.8, 4) is 0 Å². The highest BCUT2D eigenvalue weighted by Gasteiger charge is 2.33. The zero-order valence-corrected chi connectivity index (χ0v) is 23.8. The summed E-state index contributed by atoms with van der Waals surface area (Å²) in [7, 11) is -7.28. The Morgan fingerprint density at radius 2 is 1.78 bits per heavy atom. The predicted octanol–water partition coefficient (Wildman–Crippen LogP) is 5.56. The van der Waals surface area contributed by atoms with E-state index in [2.05, 4.69) is 27.9 Å². The lowest BCUT2D eigenvalue weighted by Gasteiger charge is -2.20. The molecule has 8 nitrogen and oxygen atoms in total. The molecule has 0 radical (unpaired) electrons. The third-order valence-corrected chi connectivity index (χ3v) is 8.93. The van der Waals surface area contributed by atoms with Gasteiger partial charge in [-0.3, -0.25) is 9.52 Å². The van der Waals surface area contributed by atoms with Crippen molar-refractivity contribution in [2.75, 3.05) is 11.0 Å². The van der Waals surface area contributed by atoms with Crippen LogP contribution in [0.15, 0.2) is 53.6 Å². The van der Waals surface area contributed by atoms with Crippen LogP contribution in [0.3, 0.4) is 0 Å². The number of hydrogen-bond acceptors (Lipinski definition) is 5. The average molecular weight is 550 g/mol. The van der Waals surface area contributed by atoms with Crippen molar-refractivity contribution >= 4 is 42.4 Å². The summed E-state index contributed by atoms with van der Waals surface area (Å²) in [6.45, 7) is 9.71. The second-order valence-corrected chi connectivity index (χ2v) is 15.3. The van der Waals surface area contributed by atoms with Crippen molar-refractivity contribution in [1.29, 1.82) is 0 Å². The fraction of sp³-hybridized carbons (Fsp3) is 0.444. The third-order valence-electron chi connectivity index (χ3n) is 6.57. The van der Waals surface area contributed by atoms with Gasteiger partial charge in [0.2, 0.25) is 20.0 Å². The van der Waals surface area contributed by atoms with E-state index in [0.717, 1.165) is 31.0 Å². The first-order chi connectivity index (χ1) is 16.9. The number of nitrogens with one attached hydrogen (secondary N) is 2. The first-order valence-electron chi connectivity index (χ1n) is 12.3. The quantitative estimate of drug-likeness (QED) is 0.374. The number of fused-ring (bicyclic) bond motifs is 1. The highest BCUT2D eigenvalue weighted by Crippen LogP contribution is 2.45. The molecule has 0 amide bonds. The summed E-state index contributed by atoms with van der Waals surface area (Å²) >= 11 is 0. The Kier molecular flexibility index (Phi) is 6.84. The van der Waals surface area contributed by atoms with Crippen LogP contribution in [0.2, 0.25) is 0 Å². The van der Waals surface area contributed by atoms with E-state index in [9.17, 15) is 21.6 Å². The van der Waals surface area contributed by atoms with E-state index in [1.165, 1.54) is 12.1 Å². The van der Waals surface area contributed by atoms with Crippen LogP contribution in [0.5, 0.6) is 0 Å². The number of benzene rings is 2. The smallest absolute Gasteiger partial charge is 0.241 e. The van der Waals surface area contributed by atoms with Crippen molar-refractivity contribution in [1.82, 2.24) is 9.29 Å². The Morgan fingerprint density at radius 3 is 2.38 bits per heavy atom. The molecule has 1 saturated carbocycles. The van der Waals surface area contributed by atoms with Gasteiger partial charge in [0.1, 0.15) is 0 Å². The van der Waals surface area contributed by atoms with Gasteiger partial charge in [-0.15, -0.1) is 0 Å². The van der Waals surface area contributed by atoms with E-state index in [0.29, 0.717) is 16.6 Å². The maximum absolute atomic E-state index is 13.8. The van der Waals surface area contributed by atoms with Crippen LogP contribution in [0.1, 0.15) is 78.7 Å². The maximum Gasteiger partial charge on any atom is 0.241 e. The van der Waals surface area contributed by atoms with Gasteiger partial charge in [0.05, 0.1) is 22.4 Å². The Morgan fingerprint density at radius 1 is 1.08 bits per heavy atom. The van der Waals surface area contributed by atoms with Gasteiger partial charge in [-0.05, 0) is 75.8 Å². The molecule has 1 unspecified atom stereocenters. The number of aromatic nitrogens is 1. The molecule has 204 valence electrons. The van der Waals surface area contributed by atoms with Crippen LogP contribution in [-0.2, 0) is 20.0 Å². The number of carbonyl (C=O) groups excluding carboxylic acids is 1. The SMILES string of the molecule is CC1(C)CCC(n2cc(C(=O)c3cccc(S(=O)(=O)NC(C)(C)C)c3)c3ccc(NS(C)(=O)=O)cc32)C1.[HH].[HH]. The number of hydrogen-bond donors (Lipinski definition) is 2. The first-order valence-corrected chi connectivity index (χ1v) is 15.6. The zero-order chi connectivity index (χ0) is 27.4. The highest BCUT2D eigenvalue weighted by molar-refractivity contribution is 7.92. The zero-order valence-electron chi connectivity index (χ0n) is 22.1. The molecule has 0 spiro atoms. The van der Waals surface area contributed by atoms with Gasteiger partial charge >= 0.3 is 0 Å². The van der Waals surface area contributed by atoms with Crippen molar-refractivity contribution in [3.63, 3.8) is 0 Å². The lowest BCUT2D eigenvalue weighted by atomic mass is 9.92. The minimum atomic E-state index is -3.82. The Labute approximate surface area is 222 Å². The van der Waals surface area contributed by atoms with E-state index in [-0.39, 0.29) is 30.6 Å². The molecule has 0 aliphatic heterocycles. The molecule has 0 bridgehead atoms. The summed E-state index contributed by atoms with van der Waals surface area (Å²) in [6, 6.07) is 11.3. The van der Waals surface area contributed by atoms with Crippen LogP contribution < -0.4 is 9.44 Å². The molecular formula is C27H39N3O5S2. The van der Waals surface area contributed by atoms with E-state index in [1.807, 2.05) is 6.20 Å². The predicted molar refractivity (Wildman–Crippen MR) is 151 cm³/mol. The largest absolute Gasteiger partial charge is 0.344 e. The molecule has 0 saturated heterocycles. The van der Waals surface area contributed by atoms with Crippen LogP contribution in [0.4, 0.5) is 5.69 Å². The normalized spacial score (nSPS) is 18.3. The average Bonchev–Trinajstić information content (AvgIpc) is 3.30. The number of carbonyl (C=O) groups is 1. The molecule has 1 aliphatic carbocycles. The molecule has 37 heavy (non-hydrogen) atoms. The van der Waals surface area contributed by atoms with Crippen LogP contribution in [0, 0.1) is 5.41 Å². The first kappa shape index (κ1) is 27.3. The maximum atomic E-state index is 13.8. The molecule has 1 fully saturated rings. The van der Waals surface area contributed by atoms with Gasteiger partial charge in [0.15, 0.2) is 5.78 Å². The van der Waals surface area contributed by atoms with Gasteiger partial charge in [-0.2, -0.15) is 0 Å². The molecule has 1 heterocycles. The lowest BCUT2D eigenvalue weighted by Crippen LogP contribution is -2.40. The molecule has 2 N–H and O–H groups in total. The van der Waals surface area contributed by atoms with E-state index < -0.39 is 25.6 Å². The molecule has 1 aliphatic rings. The Balaban J connectivity index is 0.00000267. The molecule has 1 atom stereocenters. The number of ketones is 1. The number of rotatable bonds is 7. The van der Waals surface area contributed by atoms with Crippen molar-refractivity contribution < 1.29 is 24.5 Å². The minimum Gasteiger partial charge on any atom is -0.344 e. The van der Waals surface area contributed by atoms with E-state index in [4.69, 9.17) is 0 Å². The highest BCUT2D eigenvalue weighted by atomic mass is 32.2. The van der Waals surface area contributed by atoms with Gasteiger partial charge in [-0.25, -0.2) is 21.6 Å².